The van der Waals surface area contributed by atoms with Gasteiger partial charge in [0.1, 0.15) is 0 Å². The van der Waals surface area contributed by atoms with E-state index in [9.17, 15) is 0 Å². The van der Waals surface area contributed by atoms with E-state index >= 15 is 0 Å². The molecular weight excluding hydrogens is 69.0 g/mol. The van der Waals surface area contributed by atoms with Gasteiger partial charge < -0.3 is 4.75 Å². The molecule has 0 fully saturated rings. The first-order valence-electron chi connectivity index (χ1n) is 1.24. The molecule has 20 valence electrons. The van der Waals surface area contributed by atoms with Gasteiger partial charge in [0.15, 0.2) is 0 Å². The minimum Gasteiger partial charge on any atom is -0.336 e. The molecule has 0 saturated carbocycles. The maximum absolute atomic E-state index is 3.12. The second-order valence-electron chi connectivity index (χ2n) is 0.996. The molecule has 2 heterocycles. The monoisotopic (exact) mass is 71.0 g/mol. The van der Waals surface area contributed by atoms with E-state index in [-0.39, 0.29) is 0 Å². The minimum absolute atomic E-state index is 0.338. The minimum atomic E-state index is 0.338. The Balaban J connectivity index is 3.39. The smallest absolute Gasteiger partial charge is 0.0867 e. The van der Waals surface area contributed by atoms with Crippen LogP contribution in [0.2, 0.25) is 0 Å². The highest BCUT2D eigenvalue weighted by Gasteiger charge is 2.18. The summed E-state index contributed by atoms with van der Waals surface area (Å²) in [4.78, 5) is 0. The second kappa shape index (κ2) is 0.156. The van der Waals surface area contributed by atoms with Crippen molar-refractivity contribution in [1.82, 2.24) is 4.75 Å². The number of H-pyrrole nitrogens is 1. The van der Waals surface area contributed by atoms with Crippen molar-refractivity contribution in [1.29, 1.82) is 0 Å². The molecule has 2 aliphatic rings. The van der Waals surface area contributed by atoms with Crippen LogP contribution in [0.1, 0.15) is 0 Å². The van der Waals surface area contributed by atoms with Crippen LogP contribution in [-0.2, 0) is 0 Å². The topological polar surface area (TPSA) is 15.8 Å². The number of aromatic amines is 1. The van der Waals surface area contributed by atoms with E-state index in [1.807, 2.05) is 0 Å². The van der Waals surface area contributed by atoms with Crippen LogP contribution < -0.4 is 0 Å². The maximum atomic E-state index is 3.12. The van der Waals surface area contributed by atoms with Crippen LogP contribution in [0.25, 0.3) is 5.44 Å². The summed E-state index contributed by atoms with van der Waals surface area (Å²) in [5.41, 5.74) is 1.52. The Hall–Kier alpha value is -0.160. The van der Waals surface area contributed by atoms with Crippen LogP contribution in [0.4, 0.5) is 0 Å². The van der Waals surface area contributed by atoms with Gasteiger partial charge >= 0.3 is 0 Å². The summed E-state index contributed by atoms with van der Waals surface area (Å²) >= 11 is 0. The zero-order valence-corrected chi connectivity index (χ0v) is 2.92. The zero-order chi connectivity index (χ0) is 2.57. The lowest BCUT2D eigenvalue weighted by atomic mass is 11.1. The van der Waals surface area contributed by atoms with Crippen molar-refractivity contribution in [3.05, 3.63) is 5.80 Å². The van der Waals surface area contributed by atoms with E-state index in [2.05, 4.69) is 10.5 Å². The molecule has 2 rings (SSSR count). The summed E-state index contributed by atoms with van der Waals surface area (Å²) in [6, 6.07) is 0. The Labute approximate surface area is 24.8 Å². The molecule has 0 radical (unpaired) electrons. The first-order chi connectivity index (χ1) is 1.97. The van der Waals surface area contributed by atoms with Crippen molar-refractivity contribution >= 4 is 7.69 Å². The molecule has 1 unspecified atom stereocenters. The SMILES string of the molecule is c1c2[nH]p1-2. The number of fused-ring (bicyclic) bond motifs is 1. The van der Waals surface area contributed by atoms with Crippen molar-refractivity contribution in [3.8, 4) is 5.44 Å². The molecule has 0 aliphatic carbocycles. The molecule has 0 bridgehead atoms. The Morgan fingerprint density at radius 1 is 2.00 bits per heavy atom. The van der Waals surface area contributed by atoms with Crippen molar-refractivity contribution < 1.29 is 0 Å². The summed E-state index contributed by atoms with van der Waals surface area (Å²) in [6.07, 6.45) is 0. The number of hydrogen-bond acceptors (Lipinski definition) is 0. The Morgan fingerprint density at radius 2 is 2.25 bits per heavy atom. The van der Waals surface area contributed by atoms with E-state index < -0.39 is 0 Å². The number of nitrogens with one attached hydrogen (secondary N) is 1. The Kier molecular flexibility index (Phi) is 0.0517. The highest BCUT2D eigenvalue weighted by Crippen LogP contribution is 2.60. The third-order valence-corrected chi connectivity index (χ3v) is 1.88. The molecule has 0 saturated heterocycles. The maximum Gasteiger partial charge on any atom is 0.0867 e. The van der Waals surface area contributed by atoms with E-state index in [1.165, 1.54) is 5.44 Å². The highest BCUT2D eigenvalue weighted by molar-refractivity contribution is 7.66. The average Bonchev–Trinajstić information content (AvgIpc) is 1.36. The molecule has 1 N–H and O–H groups in total. The fourth-order valence-corrected chi connectivity index (χ4v) is 0.907. The van der Waals surface area contributed by atoms with Gasteiger partial charge in [-0.2, -0.15) is 0 Å². The molecule has 0 aromatic heterocycles. The van der Waals surface area contributed by atoms with Crippen LogP contribution in [0, 0.1) is 0 Å². The molecule has 0 aromatic rings. The number of aromatic nitrogens is 1. The predicted molar refractivity (Wildman–Crippen MR) is 18.4 cm³/mol. The molecule has 2 aliphatic heterocycles. The van der Waals surface area contributed by atoms with Gasteiger partial charge in [-0.05, 0) is 7.69 Å². The van der Waals surface area contributed by atoms with Gasteiger partial charge in [0.25, 0.3) is 0 Å². The molecule has 0 amide bonds. The summed E-state index contributed by atoms with van der Waals surface area (Å²) in [7, 11) is 0.338. The lowest BCUT2D eigenvalue weighted by Crippen LogP contribution is -1.16. The van der Waals surface area contributed by atoms with Gasteiger partial charge in [0.2, 0.25) is 0 Å². The van der Waals surface area contributed by atoms with Crippen LogP contribution in [0.3, 0.4) is 0 Å². The van der Waals surface area contributed by atoms with Crippen molar-refractivity contribution in [3.63, 3.8) is 0 Å². The fraction of sp³-hybridized carbons (Fsp3) is 0. The van der Waals surface area contributed by atoms with Crippen molar-refractivity contribution in [2.24, 2.45) is 0 Å². The number of rotatable bonds is 0. The summed E-state index contributed by atoms with van der Waals surface area (Å²) < 4.78 is 3.12. The molecular formula is C2H2NP. The molecule has 2 heteroatoms. The van der Waals surface area contributed by atoms with Gasteiger partial charge in [0, 0.05) is 5.80 Å². The standard InChI is InChI=1S/C2H2NP/c1-2-3-4(1)2/h1,3H. The second-order valence-corrected chi connectivity index (χ2v) is 2.70. The molecule has 1 atom stereocenters. The van der Waals surface area contributed by atoms with Crippen LogP contribution in [0.5, 0.6) is 0 Å². The first kappa shape index (κ1) is 1.32. The van der Waals surface area contributed by atoms with E-state index in [0.29, 0.717) is 7.69 Å². The van der Waals surface area contributed by atoms with Gasteiger partial charge in [-0.15, -0.1) is 0 Å². The number of hydrogen-bond donors (Lipinski definition) is 1. The Morgan fingerprint density at radius 3 is 2.25 bits per heavy atom. The largest absolute Gasteiger partial charge is 0.336 e. The summed E-state index contributed by atoms with van der Waals surface area (Å²) in [6.45, 7) is 0. The van der Waals surface area contributed by atoms with E-state index in [1.54, 1.807) is 0 Å². The van der Waals surface area contributed by atoms with Gasteiger partial charge in [-0.25, -0.2) is 0 Å². The molecule has 0 aromatic carbocycles. The summed E-state index contributed by atoms with van der Waals surface area (Å²) in [5, 5.41) is 0. The third-order valence-electron chi connectivity index (χ3n) is 0.628. The van der Waals surface area contributed by atoms with Gasteiger partial charge in [-0.3, -0.25) is 0 Å². The van der Waals surface area contributed by atoms with Crippen LogP contribution in [-0.4, -0.2) is 4.75 Å². The van der Waals surface area contributed by atoms with Crippen molar-refractivity contribution in [2.75, 3.05) is 0 Å². The van der Waals surface area contributed by atoms with Gasteiger partial charge in [-0.1, -0.05) is 0 Å². The zero-order valence-electron chi connectivity index (χ0n) is 2.02. The normalized spacial score (nSPS) is 17.5. The highest BCUT2D eigenvalue weighted by atomic mass is 31.1. The fourth-order valence-electron chi connectivity index (χ4n) is 0.187. The van der Waals surface area contributed by atoms with Gasteiger partial charge in [0.05, 0.1) is 5.44 Å². The van der Waals surface area contributed by atoms with E-state index in [4.69, 9.17) is 0 Å². The predicted octanol–water partition coefficient (Wildman–Crippen LogP) is 1.30. The molecule has 1 nitrogen and oxygen atoms in total. The van der Waals surface area contributed by atoms with Crippen molar-refractivity contribution in [2.45, 2.75) is 0 Å². The lowest BCUT2D eigenvalue weighted by molar-refractivity contribution is 1.75. The molecule has 4 heavy (non-hydrogen) atoms. The Bertz CT molecular complexity index is 104. The van der Waals surface area contributed by atoms with Crippen LogP contribution >= 0.6 is 7.69 Å². The van der Waals surface area contributed by atoms with Crippen LogP contribution in [0.15, 0.2) is 5.80 Å². The average molecular weight is 71.0 g/mol. The van der Waals surface area contributed by atoms with E-state index in [0.717, 1.165) is 0 Å². The molecule has 0 spiro atoms. The summed E-state index contributed by atoms with van der Waals surface area (Å²) in [5.74, 6) is 2.26. The quantitative estimate of drug-likeness (QED) is 0.481. The third kappa shape index (κ3) is 0.0211. The first-order valence-corrected chi connectivity index (χ1v) is 2.65. The lowest BCUT2D eigenvalue weighted by Gasteiger charge is -1.32.